The lowest BCUT2D eigenvalue weighted by atomic mass is 9.98. The van der Waals surface area contributed by atoms with Crippen LogP contribution in [0.15, 0.2) is 83.8 Å². The third kappa shape index (κ3) is 5.36. The van der Waals surface area contributed by atoms with Gasteiger partial charge in [0, 0.05) is 5.69 Å². The number of rotatable bonds is 6. The Bertz CT molecular complexity index is 1070. The first-order chi connectivity index (χ1) is 13.6. The number of nitrogens with two attached hydrogens (primary N) is 1. The fourth-order valence-electron chi connectivity index (χ4n) is 3.08. The van der Waals surface area contributed by atoms with Gasteiger partial charge in [-0.05, 0) is 35.7 Å². The molecule has 0 spiro atoms. The van der Waals surface area contributed by atoms with Gasteiger partial charge in [-0.3, -0.25) is 0 Å². The van der Waals surface area contributed by atoms with E-state index in [4.69, 9.17) is 5.14 Å². The molecule has 0 radical (unpaired) electrons. The Morgan fingerprint density at radius 1 is 0.897 bits per heavy atom. The van der Waals surface area contributed by atoms with Crippen molar-refractivity contribution in [3.63, 3.8) is 0 Å². The standard InChI is InChI=1S/C21H19F3N2O2S/c22-21(23,24)18-14-17(11-12-20(18)29(25,27)28)26-19(16-9-5-2-6-10-16)13-15-7-3-1-4-8-15/h1-12,14,19,26H,13H2,(H2,25,27,28). The van der Waals surface area contributed by atoms with E-state index in [-0.39, 0.29) is 11.7 Å². The van der Waals surface area contributed by atoms with E-state index >= 15 is 0 Å². The maximum absolute atomic E-state index is 13.4. The predicted molar refractivity (Wildman–Crippen MR) is 106 cm³/mol. The van der Waals surface area contributed by atoms with Crippen molar-refractivity contribution < 1.29 is 21.6 Å². The summed E-state index contributed by atoms with van der Waals surface area (Å²) in [5, 5.41) is 8.05. The van der Waals surface area contributed by atoms with E-state index in [1.807, 2.05) is 60.7 Å². The van der Waals surface area contributed by atoms with Crippen molar-refractivity contribution in [2.24, 2.45) is 5.14 Å². The van der Waals surface area contributed by atoms with Crippen molar-refractivity contribution in [3.8, 4) is 0 Å². The molecule has 0 amide bonds. The number of benzene rings is 3. The molecule has 1 atom stereocenters. The molecule has 3 aromatic rings. The van der Waals surface area contributed by atoms with Crippen LogP contribution in [0.4, 0.5) is 18.9 Å². The predicted octanol–water partition coefficient (Wildman–Crippen LogP) is 4.75. The Hall–Kier alpha value is -2.84. The van der Waals surface area contributed by atoms with Gasteiger partial charge in [-0.1, -0.05) is 60.7 Å². The molecule has 1 unspecified atom stereocenters. The van der Waals surface area contributed by atoms with E-state index < -0.39 is 26.7 Å². The van der Waals surface area contributed by atoms with E-state index in [1.165, 1.54) is 6.07 Å². The van der Waals surface area contributed by atoms with Gasteiger partial charge in [0.25, 0.3) is 0 Å². The molecule has 4 nitrogen and oxygen atoms in total. The summed E-state index contributed by atoms with van der Waals surface area (Å²) < 4.78 is 63.4. The van der Waals surface area contributed by atoms with Gasteiger partial charge in [0.15, 0.2) is 0 Å². The molecular weight excluding hydrogens is 401 g/mol. The highest BCUT2D eigenvalue weighted by Gasteiger charge is 2.36. The van der Waals surface area contributed by atoms with E-state index in [0.29, 0.717) is 6.42 Å². The number of sulfonamides is 1. The first kappa shape index (κ1) is 20.9. The maximum Gasteiger partial charge on any atom is 0.417 e. The molecule has 0 aliphatic heterocycles. The minimum absolute atomic E-state index is 0.148. The number of alkyl halides is 3. The molecule has 3 rings (SSSR count). The summed E-state index contributed by atoms with van der Waals surface area (Å²) in [6, 6.07) is 21.5. The van der Waals surface area contributed by atoms with Crippen LogP contribution in [0.2, 0.25) is 0 Å². The smallest absolute Gasteiger partial charge is 0.378 e. The van der Waals surface area contributed by atoms with Crippen molar-refractivity contribution in [3.05, 3.63) is 95.6 Å². The van der Waals surface area contributed by atoms with Crippen molar-refractivity contribution in [2.75, 3.05) is 5.32 Å². The number of hydrogen-bond donors (Lipinski definition) is 2. The molecule has 0 saturated carbocycles. The second kappa shape index (κ2) is 8.26. The molecule has 0 aliphatic carbocycles. The number of hydrogen-bond acceptors (Lipinski definition) is 3. The number of halogens is 3. The van der Waals surface area contributed by atoms with Crippen molar-refractivity contribution in [1.29, 1.82) is 0 Å². The van der Waals surface area contributed by atoms with Crippen LogP contribution >= 0.6 is 0 Å². The lowest BCUT2D eigenvalue weighted by Gasteiger charge is -2.22. The van der Waals surface area contributed by atoms with Gasteiger partial charge < -0.3 is 5.32 Å². The molecule has 0 aromatic heterocycles. The minimum atomic E-state index is -4.86. The number of anilines is 1. The van der Waals surface area contributed by atoms with Crippen molar-refractivity contribution in [1.82, 2.24) is 0 Å². The Labute approximate surface area is 167 Å². The summed E-state index contributed by atoms with van der Waals surface area (Å²) in [5.41, 5.74) is 0.748. The van der Waals surface area contributed by atoms with E-state index in [2.05, 4.69) is 5.32 Å². The molecule has 0 bridgehead atoms. The van der Waals surface area contributed by atoms with Gasteiger partial charge in [0.1, 0.15) is 0 Å². The Morgan fingerprint density at radius 2 is 1.48 bits per heavy atom. The van der Waals surface area contributed by atoms with Crippen LogP contribution in [-0.4, -0.2) is 8.42 Å². The Morgan fingerprint density at radius 3 is 2.03 bits per heavy atom. The highest BCUT2D eigenvalue weighted by atomic mass is 32.2. The van der Waals surface area contributed by atoms with Crippen LogP contribution in [0.1, 0.15) is 22.7 Å². The minimum Gasteiger partial charge on any atom is -0.378 e. The SMILES string of the molecule is NS(=O)(=O)c1ccc(NC(Cc2ccccc2)c2ccccc2)cc1C(F)(F)F. The maximum atomic E-state index is 13.4. The Balaban J connectivity index is 1.99. The number of nitrogens with one attached hydrogen (secondary N) is 1. The molecule has 29 heavy (non-hydrogen) atoms. The summed E-state index contributed by atoms with van der Waals surface area (Å²) in [6.45, 7) is 0. The van der Waals surface area contributed by atoms with Crippen molar-refractivity contribution >= 4 is 15.7 Å². The van der Waals surface area contributed by atoms with Crippen LogP contribution in [0.25, 0.3) is 0 Å². The molecule has 152 valence electrons. The van der Waals surface area contributed by atoms with Gasteiger partial charge >= 0.3 is 6.18 Å². The average molecular weight is 420 g/mol. The third-order valence-corrected chi connectivity index (χ3v) is 5.39. The Kier molecular flexibility index (Phi) is 5.95. The van der Waals surface area contributed by atoms with Crippen LogP contribution < -0.4 is 10.5 Å². The zero-order chi connectivity index (χ0) is 21.1. The lowest BCUT2D eigenvalue weighted by molar-refractivity contribution is -0.139. The first-order valence-corrected chi connectivity index (χ1v) is 10.3. The van der Waals surface area contributed by atoms with Crippen molar-refractivity contribution in [2.45, 2.75) is 23.5 Å². The first-order valence-electron chi connectivity index (χ1n) is 8.74. The molecular formula is C21H19F3N2O2S. The van der Waals surface area contributed by atoms with E-state index in [1.54, 1.807) is 0 Å². The second-order valence-corrected chi connectivity index (χ2v) is 8.08. The normalized spacial score (nSPS) is 13.1. The summed E-state index contributed by atoms with van der Waals surface area (Å²) in [6.07, 6.45) is -4.33. The summed E-state index contributed by atoms with van der Waals surface area (Å²) in [5.74, 6) is 0. The van der Waals surface area contributed by atoms with Gasteiger partial charge in [-0.15, -0.1) is 0 Å². The molecule has 3 aromatic carbocycles. The van der Waals surface area contributed by atoms with Crippen LogP contribution in [-0.2, 0) is 22.6 Å². The molecule has 0 aliphatic rings. The monoisotopic (exact) mass is 420 g/mol. The van der Waals surface area contributed by atoms with Crippen LogP contribution in [0, 0.1) is 0 Å². The molecule has 0 fully saturated rings. The van der Waals surface area contributed by atoms with Gasteiger partial charge in [0.05, 0.1) is 16.5 Å². The highest BCUT2D eigenvalue weighted by Crippen LogP contribution is 2.36. The van der Waals surface area contributed by atoms with Crippen LogP contribution in [0.3, 0.4) is 0 Å². The van der Waals surface area contributed by atoms with Gasteiger partial charge in [-0.2, -0.15) is 13.2 Å². The summed E-state index contributed by atoms with van der Waals surface area (Å²) >= 11 is 0. The average Bonchev–Trinajstić information content (AvgIpc) is 2.67. The number of primary sulfonamides is 1. The molecule has 0 heterocycles. The van der Waals surface area contributed by atoms with E-state index in [9.17, 15) is 21.6 Å². The summed E-state index contributed by atoms with van der Waals surface area (Å²) in [4.78, 5) is -0.949. The third-order valence-electron chi connectivity index (χ3n) is 4.42. The molecule has 0 saturated heterocycles. The molecule has 3 N–H and O–H groups in total. The van der Waals surface area contributed by atoms with Crippen LogP contribution in [0.5, 0.6) is 0 Å². The van der Waals surface area contributed by atoms with E-state index in [0.717, 1.165) is 23.3 Å². The highest BCUT2D eigenvalue weighted by molar-refractivity contribution is 7.89. The molecule has 8 heteroatoms. The fourth-order valence-corrected chi connectivity index (χ4v) is 3.82. The largest absolute Gasteiger partial charge is 0.417 e. The summed E-state index contributed by atoms with van der Waals surface area (Å²) in [7, 11) is -4.51. The van der Waals surface area contributed by atoms with Gasteiger partial charge in [-0.25, -0.2) is 13.6 Å². The quantitative estimate of drug-likeness (QED) is 0.605. The topological polar surface area (TPSA) is 72.2 Å². The zero-order valence-corrected chi connectivity index (χ0v) is 16.0. The lowest BCUT2D eigenvalue weighted by Crippen LogP contribution is -2.20. The second-order valence-electron chi connectivity index (χ2n) is 6.55. The van der Waals surface area contributed by atoms with Gasteiger partial charge in [0.2, 0.25) is 10.0 Å². The zero-order valence-electron chi connectivity index (χ0n) is 15.2. The fraction of sp³-hybridized carbons (Fsp3) is 0.143.